The molecule has 2 unspecified atom stereocenters. The fraction of sp³-hybridized carbons (Fsp3) is 0.708. The van der Waals surface area contributed by atoms with Crippen LogP contribution in [0.4, 0.5) is 0 Å². The molecule has 0 aromatic heterocycles. The molecule has 0 radical (unpaired) electrons. The van der Waals surface area contributed by atoms with E-state index < -0.39 is 0 Å². The predicted octanol–water partition coefficient (Wildman–Crippen LogP) is 1.88. The number of hydrogen-bond acceptors (Lipinski definition) is 5. The van der Waals surface area contributed by atoms with Crippen molar-refractivity contribution in [3.63, 3.8) is 0 Å². The van der Waals surface area contributed by atoms with E-state index in [-0.39, 0.29) is 0 Å². The molecular formula is C24H42N6O. The van der Waals surface area contributed by atoms with Crippen LogP contribution in [0.2, 0.25) is 0 Å². The van der Waals surface area contributed by atoms with Crippen LogP contribution >= 0.6 is 0 Å². The molecule has 2 aliphatic heterocycles. The Morgan fingerprint density at radius 1 is 1.00 bits per heavy atom. The van der Waals surface area contributed by atoms with E-state index in [2.05, 4.69) is 68.6 Å². The third-order valence-corrected chi connectivity index (χ3v) is 6.55. The molecule has 174 valence electrons. The van der Waals surface area contributed by atoms with E-state index in [1.54, 1.807) is 7.11 Å². The second-order valence-corrected chi connectivity index (χ2v) is 9.08. The molecule has 2 heterocycles. The van der Waals surface area contributed by atoms with E-state index in [1.807, 2.05) is 7.05 Å². The maximum atomic E-state index is 5.34. The van der Waals surface area contributed by atoms with E-state index in [4.69, 9.17) is 4.74 Å². The first-order valence-corrected chi connectivity index (χ1v) is 11.8. The second-order valence-electron chi connectivity index (χ2n) is 9.08. The number of nitrogens with one attached hydrogen (secondary N) is 2. The van der Waals surface area contributed by atoms with Crippen LogP contribution in [-0.4, -0.2) is 101 Å². The Kier molecular flexibility index (Phi) is 9.43. The molecule has 2 atom stereocenters. The average Bonchev–Trinajstić information content (AvgIpc) is 3.32. The first-order valence-electron chi connectivity index (χ1n) is 11.8. The van der Waals surface area contributed by atoms with E-state index in [1.165, 1.54) is 44.6 Å². The summed E-state index contributed by atoms with van der Waals surface area (Å²) in [6.45, 7) is 12.3. The lowest BCUT2D eigenvalue weighted by atomic mass is 10.1. The predicted molar refractivity (Wildman–Crippen MR) is 129 cm³/mol. The van der Waals surface area contributed by atoms with E-state index in [0.29, 0.717) is 12.0 Å². The number of benzene rings is 1. The quantitative estimate of drug-likeness (QED) is 0.461. The largest absolute Gasteiger partial charge is 0.497 e. The van der Waals surface area contributed by atoms with Crippen molar-refractivity contribution >= 4 is 5.96 Å². The molecule has 3 rings (SSSR count). The Labute approximate surface area is 188 Å². The van der Waals surface area contributed by atoms with Crippen LogP contribution in [0, 0.1) is 5.92 Å². The summed E-state index contributed by atoms with van der Waals surface area (Å²) in [7, 11) is 5.78. The van der Waals surface area contributed by atoms with Crippen LogP contribution < -0.4 is 15.4 Å². The molecule has 0 saturated carbocycles. The molecule has 2 saturated heterocycles. The first-order chi connectivity index (χ1) is 15.1. The highest BCUT2D eigenvalue weighted by Gasteiger charge is 2.24. The normalized spacial score (nSPS) is 21.1. The van der Waals surface area contributed by atoms with Crippen molar-refractivity contribution in [2.75, 3.05) is 80.1 Å². The fourth-order valence-corrected chi connectivity index (χ4v) is 4.56. The van der Waals surface area contributed by atoms with Gasteiger partial charge < -0.3 is 25.2 Å². The van der Waals surface area contributed by atoms with Gasteiger partial charge in [0.2, 0.25) is 0 Å². The monoisotopic (exact) mass is 430 g/mol. The van der Waals surface area contributed by atoms with Crippen LogP contribution in [0.15, 0.2) is 29.3 Å². The van der Waals surface area contributed by atoms with Crippen molar-refractivity contribution in [2.24, 2.45) is 10.9 Å². The smallest absolute Gasteiger partial charge is 0.191 e. The number of nitrogens with zero attached hydrogens (tertiary/aromatic N) is 4. The van der Waals surface area contributed by atoms with Gasteiger partial charge in [-0.25, -0.2) is 0 Å². The van der Waals surface area contributed by atoms with Gasteiger partial charge in [0, 0.05) is 52.9 Å². The number of guanidine groups is 1. The van der Waals surface area contributed by atoms with Gasteiger partial charge >= 0.3 is 0 Å². The minimum atomic E-state index is 0.342. The van der Waals surface area contributed by atoms with Gasteiger partial charge in [-0.2, -0.15) is 0 Å². The van der Waals surface area contributed by atoms with Gasteiger partial charge in [-0.05, 0) is 56.6 Å². The molecule has 2 N–H and O–H groups in total. The third kappa shape index (κ3) is 7.37. The van der Waals surface area contributed by atoms with Crippen molar-refractivity contribution in [3.05, 3.63) is 29.8 Å². The Hall–Kier alpha value is -1.83. The van der Waals surface area contributed by atoms with Gasteiger partial charge in [0.25, 0.3) is 0 Å². The number of ether oxygens (including phenoxy) is 1. The Morgan fingerprint density at radius 2 is 1.65 bits per heavy atom. The lowest BCUT2D eigenvalue weighted by molar-refractivity contribution is 0.139. The summed E-state index contributed by atoms with van der Waals surface area (Å²) in [6, 6.07) is 8.85. The van der Waals surface area contributed by atoms with Gasteiger partial charge in [0.05, 0.1) is 13.2 Å². The van der Waals surface area contributed by atoms with Crippen LogP contribution in [0.1, 0.15) is 31.4 Å². The van der Waals surface area contributed by atoms with Gasteiger partial charge in [-0.15, -0.1) is 0 Å². The van der Waals surface area contributed by atoms with Crippen LogP contribution in [0.3, 0.4) is 0 Å². The molecule has 0 spiro atoms. The van der Waals surface area contributed by atoms with Crippen molar-refractivity contribution in [1.82, 2.24) is 25.3 Å². The molecule has 0 aliphatic carbocycles. The summed E-state index contributed by atoms with van der Waals surface area (Å²) < 4.78 is 5.34. The SMILES string of the molecule is CN=C(NCC(C)CN1CCN(C)CC1)NCC(c1ccc(OC)cc1)N1CCCC1. The molecule has 2 aliphatic rings. The summed E-state index contributed by atoms with van der Waals surface area (Å²) in [5.74, 6) is 2.38. The first kappa shape index (κ1) is 23.8. The van der Waals surface area contributed by atoms with Crippen LogP contribution in [0.25, 0.3) is 0 Å². The molecule has 0 bridgehead atoms. The number of rotatable bonds is 9. The zero-order valence-corrected chi connectivity index (χ0v) is 19.9. The highest BCUT2D eigenvalue weighted by atomic mass is 16.5. The molecule has 31 heavy (non-hydrogen) atoms. The Morgan fingerprint density at radius 3 is 2.26 bits per heavy atom. The van der Waals surface area contributed by atoms with E-state index >= 15 is 0 Å². The maximum absolute atomic E-state index is 5.34. The maximum Gasteiger partial charge on any atom is 0.191 e. The highest BCUT2D eigenvalue weighted by molar-refractivity contribution is 5.79. The lowest BCUT2D eigenvalue weighted by Crippen LogP contribution is -2.48. The summed E-state index contributed by atoms with van der Waals surface area (Å²) in [4.78, 5) is 12.0. The zero-order valence-electron chi connectivity index (χ0n) is 19.9. The lowest BCUT2D eigenvalue weighted by Gasteiger charge is -2.34. The van der Waals surface area contributed by atoms with Gasteiger partial charge in [-0.3, -0.25) is 9.89 Å². The molecule has 7 heteroatoms. The van der Waals surface area contributed by atoms with Crippen molar-refractivity contribution in [1.29, 1.82) is 0 Å². The third-order valence-electron chi connectivity index (χ3n) is 6.55. The number of likely N-dealkylation sites (N-methyl/N-ethyl adjacent to an activating group) is 1. The summed E-state index contributed by atoms with van der Waals surface area (Å²) in [6.07, 6.45) is 2.56. The van der Waals surface area contributed by atoms with Crippen LogP contribution in [-0.2, 0) is 0 Å². The number of piperazine rings is 1. The molecule has 1 aromatic carbocycles. The number of hydrogen-bond donors (Lipinski definition) is 2. The molecule has 7 nitrogen and oxygen atoms in total. The van der Waals surface area contributed by atoms with Gasteiger partial charge in [-0.1, -0.05) is 19.1 Å². The minimum Gasteiger partial charge on any atom is -0.497 e. The molecular weight excluding hydrogens is 388 g/mol. The Balaban J connectivity index is 1.49. The standard InChI is InChI=1S/C24H42N6O/c1-20(19-29-15-13-28(3)14-16-29)17-26-24(25-2)27-18-23(30-11-5-6-12-30)21-7-9-22(31-4)10-8-21/h7-10,20,23H,5-6,11-19H2,1-4H3,(H2,25,26,27). The second kappa shape index (κ2) is 12.3. The topological polar surface area (TPSA) is 55.4 Å². The fourth-order valence-electron chi connectivity index (χ4n) is 4.56. The van der Waals surface area contributed by atoms with Gasteiger partial charge in [0.15, 0.2) is 5.96 Å². The average molecular weight is 431 g/mol. The van der Waals surface area contributed by atoms with Crippen molar-refractivity contribution < 1.29 is 4.74 Å². The Bertz CT molecular complexity index is 665. The van der Waals surface area contributed by atoms with Crippen molar-refractivity contribution in [2.45, 2.75) is 25.8 Å². The number of methoxy groups -OCH3 is 1. The molecule has 0 amide bonds. The van der Waals surface area contributed by atoms with E-state index in [9.17, 15) is 0 Å². The van der Waals surface area contributed by atoms with E-state index in [0.717, 1.165) is 44.4 Å². The molecule has 2 fully saturated rings. The molecule has 1 aromatic rings. The summed E-state index contributed by atoms with van der Waals surface area (Å²) in [5, 5.41) is 7.13. The minimum absolute atomic E-state index is 0.342. The van der Waals surface area contributed by atoms with Crippen LogP contribution in [0.5, 0.6) is 5.75 Å². The summed E-state index contributed by atoms with van der Waals surface area (Å²) in [5.41, 5.74) is 1.33. The van der Waals surface area contributed by atoms with Gasteiger partial charge in [0.1, 0.15) is 5.75 Å². The number of likely N-dealkylation sites (tertiary alicyclic amines) is 1. The highest BCUT2D eigenvalue weighted by Crippen LogP contribution is 2.26. The zero-order chi connectivity index (χ0) is 22.1. The number of aliphatic imine (C=N–C) groups is 1. The summed E-state index contributed by atoms with van der Waals surface area (Å²) >= 11 is 0. The van der Waals surface area contributed by atoms with Crippen molar-refractivity contribution in [3.8, 4) is 5.75 Å².